The Balaban J connectivity index is 2.25. The largest absolute Gasteiger partial charge is 0.261 e. The molecule has 0 saturated carbocycles. The van der Waals surface area contributed by atoms with Gasteiger partial charge in [0.05, 0.1) is 12.0 Å². The van der Waals surface area contributed by atoms with Crippen molar-refractivity contribution in [1.29, 1.82) is 5.26 Å². The van der Waals surface area contributed by atoms with E-state index in [1.54, 1.807) is 6.07 Å². The molecule has 0 bridgehead atoms. The Morgan fingerprint density at radius 2 is 2.04 bits per heavy atom. The summed E-state index contributed by atoms with van der Waals surface area (Å²) in [5.41, 5.74) is 4.08. The smallest absolute Gasteiger partial charge is 0.124 e. The van der Waals surface area contributed by atoms with Crippen LogP contribution in [0.4, 0.5) is 4.39 Å². The number of hydrogen-bond acceptors (Lipinski definition) is 4. The lowest BCUT2D eigenvalue weighted by atomic mass is 9.76. The quantitative estimate of drug-likeness (QED) is 0.723. The van der Waals surface area contributed by atoms with Gasteiger partial charge in [-0.1, -0.05) is 17.7 Å². The maximum atomic E-state index is 13.5. The van der Waals surface area contributed by atoms with Crippen molar-refractivity contribution < 1.29 is 4.39 Å². The number of aliphatic imine (C=N–C) groups is 1. The van der Waals surface area contributed by atoms with Crippen LogP contribution in [-0.4, -0.2) is 10.7 Å². The molecule has 2 heterocycles. The number of aryl methyl sites for hydroxylation is 1. The predicted octanol–water partition coefficient (Wildman–Crippen LogP) is 5.37. The van der Waals surface area contributed by atoms with Gasteiger partial charge in [0.15, 0.2) is 0 Å². The minimum Gasteiger partial charge on any atom is -0.261 e. The van der Waals surface area contributed by atoms with Gasteiger partial charge in [0.1, 0.15) is 10.8 Å². The first kappa shape index (κ1) is 16.8. The van der Waals surface area contributed by atoms with Gasteiger partial charge < -0.3 is 0 Å². The number of allylic oxidation sites excluding steroid dienone is 2. The molecule has 0 spiro atoms. The average Bonchev–Trinajstić information content (AvgIpc) is 2.93. The highest BCUT2D eigenvalue weighted by molar-refractivity contribution is 7.10. The summed E-state index contributed by atoms with van der Waals surface area (Å²) in [4.78, 5) is 9.11. The lowest BCUT2D eigenvalue weighted by Crippen LogP contribution is -2.25. The Morgan fingerprint density at radius 3 is 2.62 bits per heavy atom. The highest BCUT2D eigenvalue weighted by Gasteiger charge is 2.36. The standard InChI is InChI=1S/C18H15ClFN3S/c1-9-8-24-18(22-9)16-11(3)23-10(2)14(7-21)17(16)13-5-4-12(20)6-15(13)19/h4-6,8,14,17H,1-3H3. The number of benzene rings is 1. The Bertz CT molecular complexity index is 907. The van der Waals surface area contributed by atoms with Crippen molar-refractivity contribution in [2.45, 2.75) is 26.7 Å². The van der Waals surface area contributed by atoms with E-state index < -0.39 is 11.7 Å². The fourth-order valence-corrected chi connectivity index (χ4v) is 4.27. The number of aromatic nitrogens is 1. The lowest BCUT2D eigenvalue weighted by molar-refractivity contribution is 0.625. The first-order valence-electron chi connectivity index (χ1n) is 7.45. The third kappa shape index (κ3) is 2.88. The van der Waals surface area contributed by atoms with Crippen LogP contribution in [0.15, 0.2) is 34.3 Å². The second-order valence-corrected chi connectivity index (χ2v) is 7.06. The van der Waals surface area contributed by atoms with Gasteiger partial charge in [-0.05, 0) is 38.5 Å². The van der Waals surface area contributed by atoms with Gasteiger partial charge in [-0.15, -0.1) is 11.3 Å². The van der Waals surface area contributed by atoms with Gasteiger partial charge in [-0.25, -0.2) is 9.37 Å². The van der Waals surface area contributed by atoms with E-state index >= 15 is 0 Å². The van der Waals surface area contributed by atoms with Gasteiger partial charge in [0.25, 0.3) is 0 Å². The highest BCUT2D eigenvalue weighted by Crippen LogP contribution is 2.46. The first-order chi connectivity index (χ1) is 11.4. The molecule has 0 saturated heterocycles. The molecule has 2 aromatic rings. The van der Waals surface area contributed by atoms with Crippen LogP contribution in [0, 0.1) is 30.0 Å². The van der Waals surface area contributed by atoms with E-state index in [1.807, 2.05) is 26.2 Å². The second kappa shape index (κ2) is 6.46. The molecule has 0 fully saturated rings. The fourth-order valence-electron chi connectivity index (χ4n) is 3.05. The summed E-state index contributed by atoms with van der Waals surface area (Å²) in [6, 6.07) is 6.64. The number of thiazole rings is 1. The van der Waals surface area contributed by atoms with Gasteiger partial charge in [-0.2, -0.15) is 5.26 Å². The molecule has 0 aliphatic carbocycles. The maximum Gasteiger partial charge on any atom is 0.124 e. The number of rotatable bonds is 2. The number of nitrogens with zero attached hydrogens (tertiary/aromatic N) is 3. The van der Waals surface area contributed by atoms with Crippen LogP contribution in [0.5, 0.6) is 0 Å². The van der Waals surface area contributed by atoms with Crippen molar-refractivity contribution in [2.75, 3.05) is 0 Å². The number of halogens is 2. The number of hydrogen-bond donors (Lipinski definition) is 0. The molecule has 0 amide bonds. The van der Waals surface area contributed by atoms with Crippen molar-refractivity contribution >= 4 is 34.2 Å². The predicted molar refractivity (Wildman–Crippen MR) is 95.8 cm³/mol. The molecule has 3 rings (SSSR count). The van der Waals surface area contributed by atoms with Gasteiger partial charge in [0.2, 0.25) is 0 Å². The summed E-state index contributed by atoms with van der Waals surface area (Å²) < 4.78 is 13.5. The van der Waals surface area contributed by atoms with Crippen LogP contribution < -0.4 is 0 Å². The summed E-state index contributed by atoms with van der Waals surface area (Å²) in [6.07, 6.45) is 0. The third-order valence-electron chi connectivity index (χ3n) is 4.11. The molecule has 1 aromatic heterocycles. The van der Waals surface area contributed by atoms with Crippen LogP contribution in [0.25, 0.3) is 5.57 Å². The van der Waals surface area contributed by atoms with Crippen LogP contribution in [0.2, 0.25) is 5.02 Å². The molecule has 2 unspecified atom stereocenters. The molecule has 122 valence electrons. The maximum absolute atomic E-state index is 13.5. The summed E-state index contributed by atoms with van der Waals surface area (Å²) in [5.74, 6) is -1.17. The van der Waals surface area contributed by atoms with E-state index in [9.17, 15) is 9.65 Å². The molecule has 0 radical (unpaired) electrons. The molecule has 1 aliphatic rings. The Hall–Kier alpha value is -2.03. The van der Waals surface area contributed by atoms with Gasteiger partial charge >= 0.3 is 0 Å². The van der Waals surface area contributed by atoms with Crippen LogP contribution in [0.1, 0.15) is 36.0 Å². The van der Waals surface area contributed by atoms with Crippen LogP contribution in [-0.2, 0) is 0 Å². The Kier molecular flexibility index (Phi) is 4.53. The van der Waals surface area contributed by atoms with Gasteiger partial charge in [0, 0.05) is 39.0 Å². The zero-order chi connectivity index (χ0) is 17.4. The summed E-state index contributed by atoms with van der Waals surface area (Å²) >= 11 is 7.83. The first-order valence-corrected chi connectivity index (χ1v) is 8.71. The molecule has 0 N–H and O–H groups in total. The molecule has 3 nitrogen and oxygen atoms in total. The van der Waals surface area contributed by atoms with E-state index in [2.05, 4.69) is 16.0 Å². The minimum atomic E-state index is -0.462. The van der Waals surface area contributed by atoms with Crippen molar-refractivity contribution in [1.82, 2.24) is 4.98 Å². The zero-order valence-electron chi connectivity index (χ0n) is 13.5. The van der Waals surface area contributed by atoms with E-state index in [-0.39, 0.29) is 5.92 Å². The Morgan fingerprint density at radius 1 is 1.29 bits per heavy atom. The van der Waals surface area contributed by atoms with Crippen molar-refractivity contribution in [3.05, 3.63) is 56.4 Å². The van der Waals surface area contributed by atoms with Crippen molar-refractivity contribution in [2.24, 2.45) is 10.9 Å². The minimum absolute atomic E-state index is 0.313. The second-order valence-electron chi connectivity index (χ2n) is 5.80. The third-order valence-corrected chi connectivity index (χ3v) is 5.44. The van der Waals surface area contributed by atoms with Gasteiger partial charge in [-0.3, -0.25) is 4.99 Å². The summed E-state index contributed by atoms with van der Waals surface area (Å²) in [7, 11) is 0. The van der Waals surface area contributed by atoms with E-state index in [4.69, 9.17) is 11.6 Å². The highest BCUT2D eigenvalue weighted by atomic mass is 35.5. The van der Waals surface area contributed by atoms with Crippen molar-refractivity contribution in [3.8, 4) is 6.07 Å². The summed E-state index contributed by atoms with van der Waals surface area (Å²) in [5, 5.41) is 12.8. The van der Waals surface area contributed by atoms with E-state index in [0.29, 0.717) is 5.02 Å². The van der Waals surface area contributed by atoms with E-state index in [0.717, 1.165) is 33.2 Å². The fraction of sp³-hybridized carbons (Fsp3) is 0.278. The zero-order valence-corrected chi connectivity index (χ0v) is 15.0. The Labute approximate surface area is 149 Å². The molecule has 2 atom stereocenters. The van der Waals surface area contributed by atoms with E-state index in [1.165, 1.54) is 23.5 Å². The molecular weight excluding hydrogens is 345 g/mol. The van der Waals surface area contributed by atoms with Crippen LogP contribution in [0.3, 0.4) is 0 Å². The number of nitriles is 1. The lowest BCUT2D eigenvalue weighted by Gasteiger charge is -2.29. The molecule has 24 heavy (non-hydrogen) atoms. The molecule has 6 heteroatoms. The monoisotopic (exact) mass is 359 g/mol. The molecule has 1 aromatic carbocycles. The van der Waals surface area contributed by atoms with Crippen LogP contribution >= 0.6 is 22.9 Å². The SMILES string of the molecule is CC1=NC(C)=C(c2nc(C)cs2)C(c2ccc(F)cc2Cl)C1C#N. The normalized spacial score (nSPS) is 20.8. The molecule has 1 aliphatic heterocycles. The summed E-state index contributed by atoms with van der Waals surface area (Å²) in [6.45, 7) is 5.67. The molecular formula is C18H15ClFN3S. The van der Waals surface area contributed by atoms with Crippen molar-refractivity contribution in [3.63, 3.8) is 0 Å². The average molecular weight is 360 g/mol. The topological polar surface area (TPSA) is 49.0 Å².